The Morgan fingerprint density at radius 2 is 1.54 bits per heavy atom. The second kappa shape index (κ2) is 7.83. The number of hydrogen-bond donors (Lipinski definition) is 0. The number of hydrogen-bond acceptors (Lipinski definition) is 3. The van der Waals surface area contributed by atoms with Crippen LogP contribution in [0.15, 0.2) is 42.5 Å². The molecular weight excluding hydrogens is 324 g/mol. The highest BCUT2D eigenvalue weighted by molar-refractivity contribution is 6.24. The van der Waals surface area contributed by atoms with Gasteiger partial charge in [0.2, 0.25) is 0 Å². The van der Waals surface area contributed by atoms with Gasteiger partial charge in [-0.25, -0.2) is 0 Å². The molecular formula is C22H26N2O2. The highest BCUT2D eigenvalue weighted by atomic mass is 16.2. The van der Waals surface area contributed by atoms with Crippen LogP contribution in [-0.4, -0.2) is 54.7 Å². The normalized spacial score (nSPS) is 16.3. The average molecular weight is 350 g/mol. The number of rotatable bonds is 1. The van der Waals surface area contributed by atoms with Gasteiger partial charge in [-0.1, -0.05) is 50.2 Å². The molecule has 26 heavy (non-hydrogen) atoms. The molecule has 1 heterocycles. The third kappa shape index (κ3) is 3.17. The minimum absolute atomic E-state index is 0.0193. The summed E-state index contributed by atoms with van der Waals surface area (Å²) in [6.07, 6.45) is 0.979. The second-order valence-corrected chi connectivity index (χ2v) is 6.55. The van der Waals surface area contributed by atoms with Crippen LogP contribution < -0.4 is 0 Å². The third-order valence-corrected chi connectivity index (χ3v) is 4.99. The van der Waals surface area contributed by atoms with Crippen molar-refractivity contribution in [3.63, 3.8) is 0 Å². The highest BCUT2D eigenvalue weighted by Crippen LogP contribution is 2.39. The maximum atomic E-state index is 13.1. The first-order valence-electron chi connectivity index (χ1n) is 9.42. The summed E-state index contributed by atoms with van der Waals surface area (Å²) in [7, 11) is 2.09. The Bertz CT molecular complexity index is 829. The summed E-state index contributed by atoms with van der Waals surface area (Å²) < 4.78 is 0. The van der Waals surface area contributed by atoms with E-state index < -0.39 is 0 Å². The summed E-state index contributed by atoms with van der Waals surface area (Å²) >= 11 is 0. The zero-order valence-corrected chi connectivity index (χ0v) is 15.8. The van der Waals surface area contributed by atoms with E-state index in [9.17, 15) is 9.59 Å². The van der Waals surface area contributed by atoms with Crippen molar-refractivity contribution in [2.24, 2.45) is 0 Å². The fourth-order valence-corrected chi connectivity index (χ4v) is 3.67. The van der Waals surface area contributed by atoms with Gasteiger partial charge in [-0.3, -0.25) is 9.59 Å². The van der Waals surface area contributed by atoms with Crippen molar-refractivity contribution in [1.29, 1.82) is 0 Å². The Morgan fingerprint density at radius 3 is 2.31 bits per heavy atom. The molecule has 0 radical (unpaired) electrons. The van der Waals surface area contributed by atoms with Crippen LogP contribution in [0.2, 0.25) is 0 Å². The van der Waals surface area contributed by atoms with Crippen LogP contribution in [0.3, 0.4) is 0 Å². The number of carbonyl (C=O) groups excluding carboxylic acids is 2. The molecule has 0 spiro atoms. The van der Waals surface area contributed by atoms with Crippen molar-refractivity contribution >= 4 is 11.7 Å². The van der Waals surface area contributed by atoms with Crippen molar-refractivity contribution in [3.8, 4) is 11.1 Å². The van der Waals surface area contributed by atoms with Crippen molar-refractivity contribution in [2.75, 3.05) is 33.2 Å². The zero-order chi connectivity index (χ0) is 18.7. The molecule has 0 unspecified atom stereocenters. The lowest BCUT2D eigenvalue weighted by molar-refractivity contribution is 0.0763. The summed E-state index contributed by atoms with van der Waals surface area (Å²) in [6.45, 7) is 7.39. The van der Waals surface area contributed by atoms with E-state index in [1.165, 1.54) is 0 Å². The summed E-state index contributed by atoms with van der Waals surface area (Å²) in [5, 5.41) is 0. The molecule has 4 nitrogen and oxygen atoms in total. The second-order valence-electron chi connectivity index (χ2n) is 6.55. The van der Waals surface area contributed by atoms with E-state index in [-0.39, 0.29) is 11.7 Å². The fraction of sp³-hybridized carbons (Fsp3) is 0.364. The van der Waals surface area contributed by atoms with E-state index >= 15 is 0 Å². The first kappa shape index (κ1) is 18.3. The third-order valence-electron chi connectivity index (χ3n) is 4.99. The first-order chi connectivity index (χ1) is 12.7. The molecule has 2 aliphatic rings. The molecule has 1 aliphatic carbocycles. The lowest BCUT2D eigenvalue weighted by Crippen LogP contribution is -2.34. The lowest BCUT2D eigenvalue weighted by Gasteiger charge is -2.22. The number of amides is 1. The molecule has 4 heteroatoms. The summed E-state index contributed by atoms with van der Waals surface area (Å²) in [6, 6.07) is 13.1. The number of likely N-dealkylation sites (N-methyl/N-ethyl adjacent to an activating group) is 1. The van der Waals surface area contributed by atoms with E-state index in [4.69, 9.17) is 0 Å². The van der Waals surface area contributed by atoms with Gasteiger partial charge in [0, 0.05) is 41.9 Å². The van der Waals surface area contributed by atoms with Crippen molar-refractivity contribution in [1.82, 2.24) is 9.80 Å². The Labute approximate surface area is 155 Å². The molecule has 0 aromatic heterocycles. The SMILES string of the molecule is CC.CN1CCCN(C(=O)c2cccc3c2-c2ccccc2C3=O)CC1. The van der Waals surface area contributed by atoms with E-state index in [1.54, 1.807) is 0 Å². The summed E-state index contributed by atoms with van der Waals surface area (Å²) in [5.41, 5.74) is 3.68. The minimum Gasteiger partial charge on any atom is -0.337 e. The summed E-state index contributed by atoms with van der Waals surface area (Å²) in [5.74, 6) is 0.0532. The van der Waals surface area contributed by atoms with Gasteiger partial charge in [-0.2, -0.15) is 0 Å². The predicted molar refractivity (Wildman–Crippen MR) is 105 cm³/mol. The van der Waals surface area contributed by atoms with Crippen LogP contribution in [0.4, 0.5) is 0 Å². The molecule has 2 aromatic rings. The van der Waals surface area contributed by atoms with Gasteiger partial charge in [0.15, 0.2) is 5.78 Å². The van der Waals surface area contributed by atoms with E-state index in [2.05, 4.69) is 11.9 Å². The highest BCUT2D eigenvalue weighted by Gasteiger charge is 2.31. The molecule has 0 atom stereocenters. The number of benzene rings is 2. The zero-order valence-electron chi connectivity index (χ0n) is 15.8. The van der Waals surface area contributed by atoms with Crippen molar-refractivity contribution < 1.29 is 9.59 Å². The molecule has 1 fully saturated rings. The van der Waals surface area contributed by atoms with Crippen molar-refractivity contribution in [3.05, 3.63) is 59.2 Å². The van der Waals surface area contributed by atoms with Gasteiger partial charge in [-0.15, -0.1) is 0 Å². The Balaban J connectivity index is 0.000000948. The maximum Gasteiger partial charge on any atom is 0.254 e. The first-order valence-corrected chi connectivity index (χ1v) is 9.42. The van der Waals surface area contributed by atoms with Gasteiger partial charge < -0.3 is 9.80 Å². The lowest BCUT2D eigenvalue weighted by atomic mass is 9.98. The molecule has 0 bridgehead atoms. The Morgan fingerprint density at radius 1 is 0.846 bits per heavy atom. The predicted octanol–water partition coefficient (Wildman–Crippen LogP) is 3.70. The maximum absolute atomic E-state index is 13.1. The molecule has 1 amide bonds. The fourth-order valence-electron chi connectivity index (χ4n) is 3.67. The van der Waals surface area contributed by atoms with Crippen LogP contribution in [0.1, 0.15) is 46.5 Å². The van der Waals surface area contributed by atoms with Gasteiger partial charge >= 0.3 is 0 Å². The van der Waals surface area contributed by atoms with Crippen LogP contribution in [-0.2, 0) is 0 Å². The number of fused-ring (bicyclic) bond motifs is 3. The number of nitrogens with zero attached hydrogens (tertiary/aromatic N) is 2. The Hall–Kier alpha value is -2.46. The van der Waals surface area contributed by atoms with Gasteiger partial charge in [0.05, 0.1) is 0 Å². The molecule has 1 saturated heterocycles. The average Bonchev–Trinajstić information content (AvgIpc) is 2.83. The van der Waals surface area contributed by atoms with Crippen LogP contribution in [0.5, 0.6) is 0 Å². The molecule has 0 saturated carbocycles. The molecule has 2 aromatic carbocycles. The molecule has 4 rings (SSSR count). The quantitative estimate of drug-likeness (QED) is 0.672. The van der Waals surface area contributed by atoms with Gasteiger partial charge in [0.25, 0.3) is 5.91 Å². The molecule has 136 valence electrons. The smallest absolute Gasteiger partial charge is 0.254 e. The number of carbonyl (C=O) groups is 2. The molecule has 1 aliphatic heterocycles. The van der Waals surface area contributed by atoms with Gasteiger partial charge in [-0.05, 0) is 31.6 Å². The van der Waals surface area contributed by atoms with E-state index in [0.29, 0.717) is 16.7 Å². The largest absolute Gasteiger partial charge is 0.337 e. The topological polar surface area (TPSA) is 40.6 Å². The van der Waals surface area contributed by atoms with Crippen LogP contribution in [0.25, 0.3) is 11.1 Å². The monoisotopic (exact) mass is 350 g/mol. The van der Waals surface area contributed by atoms with Crippen LogP contribution in [0, 0.1) is 0 Å². The van der Waals surface area contributed by atoms with Crippen LogP contribution >= 0.6 is 0 Å². The van der Waals surface area contributed by atoms with E-state index in [0.717, 1.165) is 43.7 Å². The molecule has 0 N–H and O–H groups in total. The van der Waals surface area contributed by atoms with E-state index in [1.807, 2.05) is 61.2 Å². The van der Waals surface area contributed by atoms with Gasteiger partial charge in [0.1, 0.15) is 0 Å². The minimum atomic E-state index is 0.0193. The standard InChI is InChI=1S/C20H20N2O2.C2H6/c1-21-10-5-11-22(13-12-21)20(24)17-9-4-8-16-18(17)14-6-2-3-7-15(14)19(16)23;1-2/h2-4,6-9H,5,10-13H2,1H3;1-2H3. The number of ketones is 1. The van der Waals surface area contributed by atoms with Crippen molar-refractivity contribution in [2.45, 2.75) is 20.3 Å². The Kier molecular flexibility index (Phi) is 5.52. The summed E-state index contributed by atoms with van der Waals surface area (Å²) in [4.78, 5) is 29.9.